The zero-order valence-electron chi connectivity index (χ0n) is 39.8. The topological polar surface area (TPSA) is 210 Å². The van der Waals surface area contributed by atoms with Crippen molar-refractivity contribution >= 4 is 58.2 Å². The van der Waals surface area contributed by atoms with Crippen LogP contribution in [0, 0.1) is 12.3 Å². The van der Waals surface area contributed by atoms with Crippen LogP contribution >= 0.6 is 22.9 Å². The van der Waals surface area contributed by atoms with Crippen LogP contribution in [0.5, 0.6) is 0 Å². The molecule has 7 rings (SSSR count). The minimum Gasteiger partial charge on any atom is -0.391 e. The van der Waals surface area contributed by atoms with Crippen LogP contribution in [-0.2, 0) is 23.9 Å². The van der Waals surface area contributed by atoms with Crippen LogP contribution in [0.2, 0.25) is 5.02 Å². The summed E-state index contributed by atoms with van der Waals surface area (Å²) < 4.78 is 11.3. The number of hydrogen-bond acceptors (Lipinski definition) is 13. The van der Waals surface area contributed by atoms with Crippen LogP contribution in [-0.4, -0.2) is 111 Å². The van der Waals surface area contributed by atoms with Gasteiger partial charge in [-0.2, -0.15) is 0 Å². The predicted octanol–water partition coefficient (Wildman–Crippen LogP) is 7.56. The summed E-state index contributed by atoms with van der Waals surface area (Å²) in [6.45, 7) is 10.2. The van der Waals surface area contributed by atoms with Gasteiger partial charge in [0, 0.05) is 37.7 Å². The molecule has 1 saturated heterocycles. The second-order valence-corrected chi connectivity index (χ2v) is 19.3. The highest BCUT2D eigenvalue weighted by Crippen LogP contribution is 2.32. The Morgan fingerprint density at radius 3 is 2.31 bits per heavy atom. The molecule has 1 unspecified atom stereocenters. The maximum absolute atomic E-state index is 14.1. The minimum atomic E-state index is -0.964. The summed E-state index contributed by atoms with van der Waals surface area (Å²) in [7, 11) is 0. The number of rotatable bonds is 20. The number of aromatic nitrogens is 4. The highest BCUT2D eigenvalue weighted by Gasteiger charge is 2.44. The Morgan fingerprint density at radius 2 is 1.59 bits per heavy atom. The van der Waals surface area contributed by atoms with Crippen LogP contribution in [0.15, 0.2) is 109 Å². The van der Waals surface area contributed by atoms with E-state index in [1.165, 1.54) is 17.3 Å². The minimum absolute atomic E-state index is 0.0167. The number of ether oxygens (including phenoxy) is 2. The molecule has 70 heavy (non-hydrogen) atoms. The van der Waals surface area contributed by atoms with E-state index >= 15 is 0 Å². The number of carbonyl (C=O) groups is 4. The number of thiazole rings is 1. The monoisotopic (exact) mass is 987 g/mol. The SMILES string of the molecule is Cc1ncsc1-c1ccc([C@H](C)NC(=O)[C@@H]2C[C@@H](O)CN2C(=O)C(NC(=O)CCOCCOCCNC(=O)c2cncc(Nc3ncc(Cl)c(-c4cccc(-c5ccccc5)c4)n3)c2)C(C)(C)C)cc1. The fraction of sp³-hybridized carbons (Fsp3) is 0.346. The van der Waals surface area contributed by atoms with E-state index in [1.54, 1.807) is 23.6 Å². The van der Waals surface area contributed by atoms with Crippen molar-refractivity contribution in [1.29, 1.82) is 0 Å². The molecule has 0 radical (unpaired) electrons. The highest BCUT2D eigenvalue weighted by atomic mass is 35.5. The number of nitrogens with zero attached hydrogens (tertiary/aromatic N) is 5. The molecule has 1 fully saturated rings. The van der Waals surface area contributed by atoms with Crippen LogP contribution in [0.3, 0.4) is 0 Å². The first-order chi connectivity index (χ1) is 33.6. The molecule has 16 nitrogen and oxygen atoms in total. The Balaban J connectivity index is 0.807. The Bertz CT molecular complexity index is 2750. The first-order valence-electron chi connectivity index (χ1n) is 23.1. The third kappa shape index (κ3) is 13.6. The van der Waals surface area contributed by atoms with Gasteiger partial charge in [0.25, 0.3) is 5.91 Å². The lowest BCUT2D eigenvalue weighted by Gasteiger charge is -2.35. The first kappa shape index (κ1) is 51.2. The lowest BCUT2D eigenvalue weighted by atomic mass is 9.85. The number of β-amino-alcohol motifs (C(OH)–C–C–N with tert-alkyl or cyclic N) is 1. The second kappa shape index (κ2) is 23.8. The van der Waals surface area contributed by atoms with Crippen molar-refractivity contribution in [1.82, 2.24) is 40.8 Å². The van der Waals surface area contributed by atoms with Gasteiger partial charge in [-0.05, 0) is 53.6 Å². The Labute approximate surface area is 416 Å². The summed E-state index contributed by atoms with van der Waals surface area (Å²) in [5.74, 6) is -1.28. The van der Waals surface area contributed by atoms with Gasteiger partial charge in [-0.25, -0.2) is 15.0 Å². The first-order valence-corrected chi connectivity index (χ1v) is 24.3. The van der Waals surface area contributed by atoms with Crippen LogP contribution in [0.1, 0.15) is 68.2 Å². The number of amides is 4. The molecular formula is C52H58ClN9O7S. The third-order valence-corrected chi connectivity index (χ3v) is 12.9. The van der Waals surface area contributed by atoms with Crippen LogP contribution in [0.25, 0.3) is 32.8 Å². The summed E-state index contributed by atoms with van der Waals surface area (Å²) in [6.07, 6.45) is 3.72. The highest BCUT2D eigenvalue weighted by molar-refractivity contribution is 7.13. The molecule has 366 valence electrons. The van der Waals surface area contributed by atoms with Crippen LogP contribution < -0.4 is 21.3 Å². The molecule has 1 aliphatic heterocycles. The number of carbonyl (C=O) groups excluding carboxylic acids is 4. The fourth-order valence-electron chi connectivity index (χ4n) is 7.94. The average molecular weight is 989 g/mol. The summed E-state index contributed by atoms with van der Waals surface area (Å²) in [6, 6.07) is 25.3. The van der Waals surface area contributed by atoms with Gasteiger partial charge in [-0.1, -0.05) is 105 Å². The normalized spacial score (nSPS) is 15.5. The number of aliphatic hydroxyl groups excluding tert-OH is 1. The number of aliphatic hydroxyl groups is 1. The van der Waals surface area contributed by atoms with Crippen molar-refractivity contribution in [3.8, 4) is 32.8 Å². The summed E-state index contributed by atoms with van der Waals surface area (Å²) in [5.41, 5.74) is 8.29. The average Bonchev–Trinajstić information content (AvgIpc) is 3.98. The van der Waals surface area contributed by atoms with Crippen molar-refractivity contribution in [2.75, 3.05) is 44.8 Å². The van der Waals surface area contributed by atoms with Crippen molar-refractivity contribution < 1.29 is 33.8 Å². The molecule has 0 saturated carbocycles. The maximum atomic E-state index is 14.1. The molecule has 3 aromatic heterocycles. The third-order valence-electron chi connectivity index (χ3n) is 11.7. The molecule has 3 aromatic carbocycles. The number of halogens is 1. The maximum Gasteiger partial charge on any atom is 0.253 e. The molecule has 4 heterocycles. The van der Waals surface area contributed by atoms with E-state index in [2.05, 4.69) is 41.2 Å². The van der Waals surface area contributed by atoms with E-state index in [0.717, 1.165) is 38.4 Å². The Morgan fingerprint density at radius 1 is 0.857 bits per heavy atom. The number of hydrogen-bond donors (Lipinski definition) is 5. The second-order valence-electron chi connectivity index (χ2n) is 18.0. The molecule has 1 aliphatic rings. The van der Waals surface area contributed by atoms with Gasteiger partial charge in [0.1, 0.15) is 12.1 Å². The molecule has 18 heteroatoms. The quantitative estimate of drug-likeness (QED) is 0.0470. The lowest BCUT2D eigenvalue weighted by molar-refractivity contribution is -0.144. The standard InChI is InChI=1S/C52H58ClN9O7S/c1-32(34-14-16-36(17-15-34)46-33(2)57-31-70-46)58-49(66)43-26-41(63)30-62(43)50(67)47(52(3,4)5)60-44(64)18-20-68-22-23-69-21-19-55-48(65)39-25-40(28-54-27-39)59-51-56-29-42(53)45(61-51)38-13-9-12-37(24-38)35-10-7-6-8-11-35/h6-17,24-25,27-29,31-32,41,43,47,63H,18-23,26,30H2,1-5H3,(H,55,65)(H,58,66)(H,60,64)(H,56,59,61)/t32-,41+,43-,47?/m0/s1. The largest absolute Gasteiger partial charge is 0.391 e. The number of anilines is 2. The van der Waals surface area contributed by atoms with E-state index < -0.39 is 35.4 Å². The Kier molecular flexibility index (Phi) is 17.4. The summed E-state index contributed by atoms with van der Waals surface area (Å²) >= 11 is 8.10. The van der Waals surface area contributed by atoms with Gasteiger partial charge in [0.2, 0.25) is 23.7 Å². The van der Waals surface area contributed by atoms with Gasteiger partial charge in [0.05, 0.1) is 89.0 Å². The molecule has 4 atom stereocenters. The van der Waals surface area contributed by atoms with Crippen molar-refractivity contribution in [3.05, 3.63) is 131 Å². The zero-order chi connectivity index (χ0) is 49.8. The molecule has 0 aliphatic carbocycles. The van der Waals surface area contributed by atoms with E-state index in [1.807, 2.05) is 119 Å². The van der Waals surface area contributed by atoms with Gasteiger partial charge in [-0.3, -0.25) is 24.2 Å². The molecule has 5 N–H and O–H groups in total. The molecule has 0 spiro atoms. The van der Waals surface area contributed by atoms with E-state index in [-0.39, 0.29) is 76.2 Å². The molecule has 4 amide bonds. The van der Waals surface area contributed by atoms with E-state index in [4.69, 9.17) is 21.1 Å². The lowest BCUT2D eigenvalue weighted by Crippen LogP contribution is -2.58. The number of likely N-dealkylation sites (tertiary alicyclic amines) is 1. The van der Waals surface area contributed by atoms with E-state index in [9.17, 15) is 24.3 Å². The van der Waals surface area contributed by atoms with Crippen molar-refractivity contribution in [3.63, 3.8) is 0 Å². The predicted molar refractivity (Wildman–Crippen MR) is 270 cm³/mol. The number of pyridine rings is 1. The number of benzene rings is 3. The zero-order valence-corrected chi connectivity index (χ0v) is 41.3. The number of aryl methyl sites for hydroxylation is 1. The molecule has 0 bridgehead atoms. The van der Waals surface area contributed by atoms with Crippen molar-refractivity contribution in [2.24, 2.45) is 5.41 Å². The van der Waals surface area contributed by atoms with Gasteiger partial charge in [0.15, 0.2) is 0 Å². The van der Waals surface area contributed by atoms with Crippen LogP contribution in [0.4, 0.5) is 11.6 Å². The van der Waals surface area contributed by atoms with Gasteiger partial charge >= 0.3 is 0 Å². The smallest absolute Gasteiger partial charge is 0.253 e. The van der Waals surface area contributed by atoms with Gasteiger partial charge < -0.3 is 40.7 Å². The summed E-state index contributed by atoms with van der Waals surface area (Å²) in [5, 5.41) is 22.8. The molecular weight excluding hydrogens is 930 g/mol. The number of nitrogens with one attached hydrogen (secondary N) is 4. The van der Waals surface area contributed by atoms with E-state index in [0.29, 0.717) is 22.0 Å². The molecule has 6 aromatic rings. The van der Waals surface area contributed by atoms with Gasteiger partial charge in [-0.15, -0.1) is 11.3 Å². The summed E-state index contributed by atoms with van der Waals surface area (Å²) in [4.78, 5) is 73.8. The van der Waals surface area contributed by atoms with Crippen molar-refractivity contribution in [2.45, 2.75) is 71.7 Å². The fourth-order valence-corrected chi connectivity index (χ4v) is 8.95. The Hall–Kier alpha value is -6.63.